The van der Waals surface area contributed by atoms with Crippen LogP contribution >= 0.6 is 0 Å². The van der Waals surface area contributed by atoms with Gasteiger partial charge in [-0.1, -0.05) is 102 Å². The summed E-state index contributed by atoms with van der Waals surface area (Å²) in [5.74, 6) is 1.48. The zero-order valence-electron chi connectivity index (χ0n) is 29.5. The molecule has 2 aliphatic carbocycles. The Morgan fingerprint density at radius 2 is 0.917 bits per heavy atom. The lowest BCUT2D eigenvalue weighted by atomic mass is 9.73. The molecule has 2 aromatic carbocycles. The van der Waals surface area contributed by atoms with E-state index in [0.29, 0.717) is 11.1 Å². The number of phenols is 4. The number of unbranched alkanes of at least 4 members (excludes halogenated alkanes) is 4. The Morgan fingerprint density at radius 3 is 1.19 bits per heavy atom. The van der Waals surface area contributed by atoms with E-state index in [1.54, 1.807) is 0 Å². The summed E-state index contributed by atoms with van der Waals surface area (Å²) in [6.07, 6.45) is 17.2. The number of aromatic hydroxyl groups is 4. The molecule has 0 saturated carbocycles. The number of phenolic OH excluding ortho intramolecular Hbond substituents is 4. The average Bonchev–Trinajstić information content (AvgIpc) is 2.97. The smallest absolute Gasteiger partial charge is 0.123 e. The topological polar surface area (TPSA) is 80.9 Å². The van der Waals surface area contributed by atoms with E-state index < -0.39 is 0 Å². The molecule has 0 aliphatic heterocycles. The molecule has 4 heteroatoms. The van der Waals surface area contributed by atoms with E-state index in [-0.39, 0.29) is 61.5 Å². The maximum Gasteiger partial charge on any atom is 0.123 e. The van der Waals surface area contributed by atoms with Crippen LogP contribution < -0.4 is 0 Å². The number of benzene rings is 2. The van der Waals surface area contributed by atoms with Crippen molar-refractivity contribution >= 4 is 0 Å². The molecule has 0 unspecified atom stereocenters. The highest BCUT2D eigenvalue weighted by molar-refractivity contribution is 5.53. The lowest BCUT2D eigenvalue weighted by molar-refractivity contribution is 0.405. The molecule has 268 valence electrons. The van der Waals surface area contributed by atoms with Gasteiger partial charge in [-0.2, -0.15) is 0 Å². The fourth-order valence-electron chi connectivity index (χ4n) is 7.30. The maximum absolute atomic E-state index is 10.5. The van der Waals surface area contributed by atoms with Crippen molar-refractivity contribution in [1.82, 2.24) is 0 Å². The van der Waals surface area contributed by atoms with Gasteiger partial charge in [0.25, 0.3) is 0 Å². The molecule has 2 aromatic rings. The van der Waals surface area contributed by atoms with Gasteiger partial charge in [0.15, 0.2) is 0 Å². The summed E-state index contributed by atoms with van der Waals surface area (Å²) in [6.45, 7) is 20.9. The van der Waals surface area contributed by atoms with Crippen molar-refractivity contribution in [3.05, 3.63) is 94.1 Å². The van der Waals surface area contributed by atoms with E-state index >= 15 is 0 Å². The van der Waals surface area contributed by atoms with Crippen molar-refractivity contribution in [2.45, 2.75) is 145 Å². The Kier molecular flexibility index (Phi) is 17.9. The molecule has 0 saturated heterocycles. The van der Waals surface area contributed by atoms with Crippen molar-refractivity contribution in [3.8, 4) is 23.0 Å². The number of hydrogen-bond donors (Lipinski definition) is 4. The fourth-order valence-corrected chi connectivity index (χ4v) is 7.30. The molecule has 0 radical (unpaired) electrons. The molecular weight excluding hydrogens is 592 g/mol. The van der Waals surface area contributed by atoms with Crippen LogP contribution in [0, 0.1) is 11.8 Å². The highest BCUT2D eigenvalue weighted by atomic mass is 16.3. The summed E-state index contributed by atoms with van der Waals surface area (Å²) < 4.78 is 0. The van der Waals surface area contributed by atoms with Crippen molar-refractivity contribution < 1.29 is 20.4 Å². The van der Waals surface area contributed by atoms with Crippen LogP contribution in [0.2, 0.25) is 0 Å². The first-order valence-electron chi connectivity index (χ1n) is 17.6. The summed E-state index contributed by atoms with van der Waals surface area (Å²) in [4.78, 5) is 0. The van der Waals surface area contributed by atoms with Crippen LogP contribution in [0.15, 0.2) is 71.9 Å². The molecule has 4 atom stereocenters. The Labute approximate surface area is 294 Å². The first-order valence-corrected chi connectivity index (χ1v) is 17.6. The summed E-state index contributed by atoms with van der Waals surface area (Å²) in [5, 5.41) is 42.2. The fraction of sp³-hybridized carbons (Fsp3) is 0.545. The normalized spacial score (nSPS) is 20.2. The molecular formula is C44H68O4. The second-order valence-corrected chi connectivity index (χ2v) is 14.1. The zero-order chi connectivity index (χ0) is 34.0. The Hall–Kier alpha value is -3.40. The van der Waals surface area contributed by atoms with Crippen LogP contribution in [0.1, 0.15) is 155 Å². The summed E-state index contributed by atoms with van der Waals surface area (Å²) in [7, 11) is 0. The quantitative estimate of drug-likeness (QED) is 0.135. The van der Waals surface area contributed by atoms with Gasteiger partial charge in [0, 0.05) is 23.0 Å². The lowest BCUT2D eigenvalue weighted by Gasteiger charge is -2.31. The van der Waals surface area contributed by atoms with Gasteiger partial charge in [-0.25, -0.2) is 0 Å². The predicted molar refractivity (Wildman–Crippen MR) is 208 cm³/mol. The van der Waals surface area contributed by atoms with Gasteiger partial charge in [-0.15, -0.1) is 0 Å². The summed E-state index contributed by atoms with van der Waals surface area (Å²) >= 11 is 0. The summed E-state index contributed by atoms with van der Waals surface area (Å²) in [5.41, 5.74) is 8.22. The minimum Gasteiger partial charge on any atom is -0.507 e. The van der Waals surface area contributed by atoms with Gasteiger partial charge < -0.3 is 20.4 Å². The largest absolute Gasteiger partial charge is 0.507 e. The average molecular weight is 661 g/mol. The first-order chi connectivity index (χ1) is 21.9. The molecule has 48 heavy (non-hydrogen) atoms. The molecule has 0 spiro atoms. The van der Waals surface area contributed by atoms with Crippen molar-refractivity contribution in [3.63, 3.8) is 0 Å². The van der Waals surface area contributed by atoms with Crippen LogP contribution in [0.5, 0.6) is 23.0 Å². The van der Waals surface area contributed by atoms with Gasteiger partial charge in [-0.3, -0.25) is 0 Å². The molecule has 0 amide bonds. The van der Waals surface area contributed by atoms with Crippen molar-refractivity contribution in [2.24, 2.45) is 11.8 Å². The van der Waals surface area contributed by atoms with Crippen LogP contribution in [0.4, 0.5) is 0 Å². The van der Waals surface area contributed by atoms with E-state index in [0.717, 1.165) is 73.6 Å². The third kappa shape index (κ3) is 11.3. The number of hydrogen-bond acceptors (Lipinski definition) is 4. The minimum atomic E-state index is 0. The van der Waals surface area contributed by atoms with E-state index in [4.69, 9.17) is 0 Å². The van der Waals surface area contributed by atoms with Gasteiger partial charge >= 0.3 is 0 Å². The van der Waals surface area contributed by atoms with Crippen LogP contribution in [-0.4, -0.2) is 20.4 Å². The molecule has 0 heterocycles. The molecule has 0 bridgehead atoms. The molecule has 4 N–H and O–H groups in total. The van der Waals surface area contributed by atoms with Gasteiger partial charge in [0.05, 0.1) is 0 Å². The van der Waals surface area contributed by atoms with Crippen molar-refractivity contribution in [2.75, 3.05) is 0 Å². The van der Waals surface area contributed by atoms with Gasteiger partial charge in [0.2, 0.25) is 0 Å². The second kappa shape index (κ2) is 20.2. The van der Waals surface area contributed by atoms with E-state index in [1.165, 1.54) is 36.8 Å². The standard InChI is InChI=1S/2C21H30O2.2CH4/c2*1-5-6-7-8-16-12-19(22)21(20(23)13-16)18-11-15(4)9-10-17(18)14(2)3;;/h2*11-13,17-18,22-23H,2,5-10H2,1,3-4H3;2*1H4/t2*17-,18+;;/m10../s1. The van der Waals surface area contributed by atoms with Gasteiger partial charge in [-0.05, 0) is 126 Å². The zero-order valence-corrected chi connectivity index (χ0v) is 29.5. The van der Waals surface area contributed by atoms with Crippen LogP contribution in [0.25, 0.3) is 0 Å². The highest BCUT2D eigenvalue weighted by Gasteiger charge is 2.31. The van der Waals surface area contributed by atoms with Crippen LogP contribution in [-0.2, 0) is 12.8 Å². The van der Waals surface area contributed by atoms with Crippen molar-refractivity contribution in [1.29, 1.82) is 0 Å². The van der Waals surface area contributed by atoms with Crippen LogP contribution in [0.3, 0.4) is 0 Å². The lowest BCUT2D eigenvalue weighted by Crippen LogP contribution is -2.17. The Morgan fingerprint density at radius 1 is 0.604 bits per heavy atom. The number of rotatable bonds is 12. The third-order valence-corrected chi connectivity index (χ3v) is 9.96. The second-order valence-electron chi connectivity index (χ2n) is 14.1. The number of aryl methyl sites for hydroxylation is 2. The SMILES string of the molecule is C.C.C=C(C)[C@@H]1CCC(C)=C[C@H]1c1c(O)cc(CCCCC)cc1O.C=C(C)[C@H]1CCC(C)=C[C@@H]1c1c(O)cc(CCCCC)cc1O. The predicted octanol–water partition coefficient (Wildman–Crippen LogP) is 13.0. The molecule has 0 fully saturated rings. The van der Waals surface area contributed by atoms with Gasteiger partial charge in [0.1, 0.15) is 23.0 Å². The first kappa shape index (κ1) is 42.6. The Balaban J connectivity index is 0.000000461. The molecule has 2 aliphatic rings. The maximum atomic E-state index is 10.5. The van der Waals surface area contributed by atoms with E-state index in [1.807, 2.05) is 38.1 Å². The monoisotopic (exact) mass is 661 g/mol. The molecule has 4 nitrogen and oxygen atoms in total. The minimum absolute atomic E-state index is 0. The molecule has 4 rings (SSSR count). The summed E-state index contributed by atoms with van der Waals surface area (Å²) in [6, 6.07) is 7.33. The Bertz CT molecular complexity index is 1260. The number of allylic oxidation sites excluding steroid dienone is 6. The van der Waals surface area contributed by atoms with E-state index in [9.17, 15) is 20.4 Å². The van der Waals surface area contributed by atoms with E-state index in [2.05, 4.69) is 53.0 Å². The molecule has 0 aromatic heterocycles. The third-order valence-electron chi connectivity index (χ3n) is 9.96. The highest BCUT2D eigenvalue weighted by Crippen LogP contribution is 2.48.